The van der Waals surface area contributed by atoms with E-state index in [4.69, 9.17) is 4.74 Å². The fraction of sp³-hybridized carbons (Fsp3) is 0.789. The largest absolute Gasteiger partial charge is 0.480 e. The summed E-state index contributed by atoms with van der Waals surface area (Å²) >= 11 is 0. The molecule has 0 aromatic carbocycles. The second-order valence-corrected chi connectivity index (χ2v) is 8.13. The first kappa shape index (κ1) is 23.9. The molecule has 0 radical (unpaired) electrons. The summed E-state index contributed by atoms with van der Waals surface area (Å²) in [4.78, 5) is 48.4. The van der Waals surface area contributed by atoms with E-state index in [1.807, 2.05) is 20.8 Å². The number of carbonyl (C=O) groups is 4. The lowest BCUT2D eigenvalue weighted by atomic mass is 10.1. The molecule has 1 rings (SSSR count). The van der Waals surface area contributed by atoms with Crippen molar-refractivity contribution in [2.75, 3.05) is 6.61 Å². The third-order valence-electron chi connectivity index (χ3n) is 4.35. The van der Waals surface area contributed by atoms with Crippen LogP contribution < -0.4 is 16.0 Å². The van der Waals surface area contributed by atoms with Crippen molar-refractivity contribution < 1.29 is 29.0 Å². The Labute approximate surface area is 166 Å². The highest BCUT2D eigenvalue weighted by Gasteiger charge is 2.28. The minimum absolute atomic E-state index is 0.0346. The predicted molar refractivity (Wildman–Crippen MR) is 103 cm³/mol. The molecule has 9 heteroatoms. The van der Waals surface area contributed by atoms with Gasteiger partial charge in [-0.3, -0.25) is 14.4 Å². The third kappa shape index (κ3) is 9.16. The Balaban J connectivity index is 2.90. The SMILES string of the molecule is C[C@@H]1NC(=O)[C@H](COC(C)(C)C)NC(=O)CCCCCC[C@H](C(=O)O)NC1=O. The average Bonchev–Trinajstić information content (AvgIpc) is 2.58. The number of carboxylic acids is 1. The van der Waals surface area contributed by atoms with Crippen LogP contribution in [0, 0.1) is 0 Å². The van der Waals surface area contributed by atoms with E-state index in [0.29, 0.717) is 19.3 Å². The highest BCUT2D eigenvalue weighted by atomic mass is 16.5. The number of aliphatic carboxylic acids is 1. The first-order chi connectivity index (χ1) is 13.0. The van der Waals surface area contributed by atoms with Crippen LogP contribution in [-0.2, 0) is 23.9 Å². The van der Waals surface area contributed by atoms with Crippen LogP contribution in [0.25, 0.3) is 0 Å². The van der Waals surface area contributed by atoms with Crippen LogP contribution in [0.1, 0.15) is 66.2 Å². The van der Waals surface area contributed by atoms with Gasteiger partial charge in [-0.1, -0.05) is 19.3 Å². The van der Waals surface area contributed by atoms with Gasteiger partial charge in [-0.2, -0.15) is 0 Å². The Kier molecular flexibility index (Phi) is 9.37. The summed E-state index contributed by atoms with van der Waals surface area (Å²) in [6.07, 6.45) is 3.36. The van der Waals surface area contributed by atoms with Crippen molar-refractivity contribution in [2.45, 2.75) is 89.9 Å². The Bertz CT molecular complexity index is 573. The maximum Gasteiger partial charge on any atom is 0.326 e. The van der Waals surface area contributed by atoms with E-state index in [1.54, 1.807) is 0 Å². The number of hydrogen-bond donors (Lipinski definition) is 4. The molecule has 28 heavy (non-hydrogen) atoms. The summed E-state index contributed by atoms with van der Waals surface area (Å²) in [6, 6.07) is -2.90. The van der Waals surface area contributed by atoms with Crippen LogP contribution >= 0.6 is 0 Å². The third-order valence-corrected chi connectivity index (χ3v) is 4.35. The van der Waals surface area contributed by atoms with E-state index in [0.717, 1.165) is 12.8 Å². The van der Waals surface area contributed by atoms with Crippen molar-refractivity contribution in [3.05, 3.63) is 0 Å². The first-order valence-corrected chi connectivity index (χ1v) is 9.76. The zero-order valence-corrected chi connectivity index (χ0v) is 17.2. The molecule has 0 aromatic heterocycles. The van der Waals surface area contributed by atoms with Gasteiger partial charge in [0.2, 0.25) is 17.7 Å². The van der Waals surface area contributed by atoms with Gasteiger partial charge in [0, 0.05) is 6.42 Å². The van der Waals surface area contributed by atoms with Crippen LogP contribution in [0.5, 0.6) is 0 Å². The highest BCUT2D eigenvalue weighted by molar-refractivity contribution is 5.93. The maximum absolute atomic E-state index is 12.6. The molecule has 0 spiro atoms. The van der Waals surface area contributed by atoms with Crippen molar-refractivity contribution in [1.82, 2.24) is 16.0 Å². The minimum Gasteiger partial charge on any atom is -0.480 e. The van der Waals surface area contributed by atoms with Crippen LogP contribution in [0.3, 0.4) is 0 Å². The molecule has 1 aliphatic rings. The van der Waals surface area contributed by atoms with E-state index in [-0.39, 0.29) is 18.9 Å². The lowest BCUT2D eigenvalue weighted by Crippen LogP contribution is -2.56. The van der Waals surface area contributed by atoms with E-state index in [1.165, 1.54) is 6.92 Å². The fourth-order valence-corrected chi connectivity index (χ4v) is 2.70. The number of amides is 3. The number of hydrogen-bond acceptors (Lipinski definition) is 5. The summed E-state index contributed by atoms with van der Waals surface area (Å²) in [7, 11) is 0. The van der Waals surface area contributed by atoms with Gasteiger partial charge in [0.05, 0.1) is 12.2 Å². The van der Waals surface area contributed by atoms with Crippen molar-refractivity contribution in [3.8, 4) is 0 Å². The molecule has 1 heterocycles. The summed E-state index contributed by atoms with van der Waals surface area (Å²) in [5.41, 5.74) is -0.500. The van der Waals surface area contributed by atoms with Gasteiger partial charge >= 0.3 is 5.97 Å². The first-order valence-electron chi connectivity index (χ1n) is 9.76. The maximum atomic E-state index is 12.6. The van der Waals surface area contributed by atoms with Gasteiger partial charge < -0.3 is 25.8 Å². The molecule has 9 nitrogen and oxygen atoms in total. The minimum atomic E-state index is -1.11. The molecule has 0 saturated carbocycles. The molecule has 3 amide bonds. The van der Waals surface area contributed by atoms with Gasteiger partial charge in [0.25, 0.3) is 0 Å². The second-order valence-electron chi connectivity index (χ2n) is 8.13. The molecule has 1 aliphatic heterocycles. The second kappa shape index (κ2) is 11.0. The Morgan fingerprint density at radius 1 is 1.04 bits per heavy atom. The molecule has 1 saturated heterocycles. The van der Waals surface area contributed by atoms with Gasteiger partial charge in [-0.25, -0.2) is 4.79 Å². The van der Waals surface area contributed by atoms with Gasteiger partial charge in [0.1, 0.15) is 18.1 Å². The predicted octanol–water partition coefficient (Wildman–Crippen LogP) is 0.715. The summed E-state index contributed by atoms with van der Waals surface area (Å²) in [5, 5.41) is 17.0. The number of carbonyl (C=O) groups excluding carboxylic acids is 3. The summed E-state index contributed by atoms with van der Waals surface area (Å²) < 4.78 is 5.63. The molecule has 0 bridgehead atoms. The van der Waals surface area contributed by atoms with Gasteiger partial charge in [0.15, 0.2) is 0 Å². The van der Waals surface area contributed by atoms with E-state index in [9.17, 15) is 24.3 Å². The van der Waals surface area contributed by atoms with Crippen molar-refractivity contribution in [2.24, 2.45) is 0 Å². The van der Waals surface area contributed by atoms with Crippen LogP contribution in [0.4, 0.5) is 0 Å². The number of ether oxygens (including phenoxy) is 1. The Morgan fingerprint density at radius 3 is 2.29 bits per heavy atom. The molecule has 160 valence electrons. The topological polar surface area (TPSA) is 134 Å². The number of carboxylic acid groups (broad SMARTS) is 1. The van der Waals surface area contributed by atoms with Crippen LogP contribution in [-0.4, -0.2) is 59.1 Å². The standard InChI is InChI=1S/C19H33N3O6/c1-12-16(24)22-13(18(26)27)9-7-5-6-8-10-15(23)21-14(17(25)20-12)11-28-19(2,3)4/h12-14H,5-11H2,1-4H3,(H,20,25)(H,21,23)(H,22,24)(H,26,27)/t12-,13+,14-/m0/s1. The average molecular weight is 399 g/mol. The molecule has 0 aliphatic carbocycles. The van der Waals surface area contributed by atoms with Crippen LogP contribution in [0.15, 0.2) is 0 Å². The monoisotopic (exact) mass is 399 g/mol. The van der Waals surface area contributed by atoms with Crippen molar-refractivity contribution >= 4 is 23.7 Å². The number of rotatable bonds is 3. The molecular formula is C19H33N3O6. The fourth-order valence-electron chi connectivity index (χ4n) is 2.70. The van der Waals surface area contributed by atoms with E-state index in [2.05, 4.69) is 16.0 Å². The molecule has 0 unspecified atom stereocenters. The summed E-state index contributed by atoms with van der Waals surface area (Å²) in [6.45, 7) is 6.94. The Hall–Kier alpha value is -2.16. The lowest BCUT2D eigenvalue weighted by Gasteiger charge is -2.26. The smallest absolute Gasteiger partial charge is 0.326 e. The lowest BCUT2D eigenvalue weighted by molar-refractivity contribution is -0.142. The molecule has 0 aromatic rings. The van der Waals surface area contributed by atoms with Gasteiger partial charge in [-0.15, -0.1) is 0 Å². The van der Waals surface area contributed by atoms with Crippen molar-refractivity contribution in [3.63, 3.8) is 0 Å². The van der Waals surface area contributed by atoms with Crippen LogP contribution in [0.2, 0.25) is 0 Å². The van der Waals surface area contributed by atoms with E-state index < -0.39 is 41.5 Å². The molecule has 3 atom stereocenters. The molecule has 1 fully saturated rings. The molecular weight excluding hydrogens is 366 g/mol. The van der Waals surface area contributed by atoms with Crippen molar-refractivity contribution in [1.29, 1.82) is 0 Å². The molecule has 4 N–H and O–H groups in total. The van der Waals surface area contributed by atoms with Gasteiger partial charge in [-0.05, 0) is 40.5 Å². The zero-order valence-electron chi connectivity index (χ0n) is 17.2. The normalized spacial score (nSPS) is 26.3. The van der Waals surface area contributed by atoms with E-state index >= 15 is 0 Å². The quantitative estimate of drug-likeness (QED) is 0.552. The Morgan fingerprint density at radius 2 is 1.68 bits per heavy atom. The zero-order chi connectivity index (χ0) is 21.3. The number of nitrogens with one attached hydrogen (secondary N) is 3. The summed E-state index contributed by atoms with van der Waals surface area (Å²) in [5.74, 6) is -2.50. The highest BCUT2D eigenvalue weighted by Crippen LogP contribution is 2.10.